The molecule has 0 spiro atoms. The number of hydrogen-bond donors (Lipinski definition) is 2. The van der Waals surface area contributed by atoms with E-state index in [1.54, 1.807) is 7.11 Å². The van der Waals surface area contributed by atoms with Crippen molar-refractivity contribution in [3.8, 4) is 5.75 Å². The fraction of sp³-hybridized carbons (Fsp3) is 0.406. The van der Waals surface area contributed by atoms with Crippen molar-refractivity contribution in [3.63, 3.8) is 0 Å². The molecular weight excluding hydrogens is 460 g/mol. The zero-order valence-electron chi connectivity index (χ0n) is 22.0. The maximum absolute atomic E-state index is 11.7. The highest BCUT2D eigenvalue weighted by Crippen LogP contribution is 2.42. The third-order valence-electron chi connectivity index (χ3n) is 8.42. The number of aliphatic hydroxyl groups excluding tert-OH is 1. The van der Waals surface area contributed by atoms with Crippen LogP contribution >= 0.6 is 0 Å². The Balaban J connectivity index is 1.51. The van der Waals surface area contributed by atoms with Gasteiger partial charge in [-0.1, -0.05) is 66.7 Å². The van der Waals surface area contributed by atoms with E-state index in [0.29, 0.717) is 13.1 Å². The molecule has 0 aliphatic carbocycles. The summed E-state index contributed by atoms with van der Waals surface area (Å²) < 4.78 is 5.69. The van der Waals surface area contributed by atoms with Crippen LogP contribution in [-0.4, -0.2) is 54.7 Å². The van der Waals surface area contributed by atoms with E-state index in [2.05, 4.69) is 76.9 Å². The van der Waals surface area contributed by atoms with E-state index in [0.717, 1.165) is 36.1 Å². The lowest BCUT2D eigenvalue weighted by Gasteiger charge is -2.56. The monoisotopic (exact) mass is 498 g/mol. The summed E-state index contributed by atoms with van der Waals surface area (Å²) in [6.45, 7) is 6.16. The highest BCUT2D eigenvalue weighted by molar-refractivity contribution is 5.67. The molecule has 3 aliphatic rings. The van der Waals surface area contributed by atoms with Crippen molar-refractivity contribution in [2.45, 2.75) is 56.3 Å². The molecule has 194 valence electrons. The maximum atomic E-state index is 11.7. The Morgan fingerprint density at radius 1 is 1.05 bits per heavy atom. The first-order chi connectivity index (χ1) is 17.9. The third kappa shape index (κ3) is 5.08. The summed E-state index contributed by atoms with van der Waals surface area (Å²) >= 11 is 0. The second-order valence-electron chi connectivity index (χ2n) is 11.1. The number of aldehydes is 1. The third-order valence-corrected chi connectivity index (χ3v) is 8.42. The van der Waals surface area contributed by atoms with E-state index in [1.807, 2.05) is 26.0 Å². The predicted octanol–water partition coefficient (Wildman–Crippen LogP) is 4.53. The van der Waals surface area contributed by atoms with Crippen molar-refractivity contribution in [2.75, 3.05) is 20.2 Å². The summed E-state index contributed by atoms with van der Waals surface area (Å²) in [4.78, 5) is 14.2. The molecular formula is C32H38N2O3. The van der Waals surface area contributed by atoms with Crippen molar-refractivity contribution < 1.29 is 14.6 Å². The fourth-order valence-corrected chi connectivity index (χ4v) is 6.36. The van der Waals surface area contributed by atoms with Crippen LogP contribution in [0.25, 0.3) is 0 Å². The molecule has 2 N–H and O–H groups in total. The molecule has 3 aromatic rings. The molecule has 5 nitrogen and oxygen atoms in total. The Hall–Kier alpha value is -2.99. The number of hydrogen-bond acceptors (Lipinski definition) is 5. The second kappa shape index (κ2) is 10.8. The average molecular weight is 499 g/mol. The van der Waals surface area contributed by atoms with Crippen LogP contribution < -0.4 is 10.1 Å². The summed E-state index contributed by atoms with van der Waals surface area (Å²) in [6, 6.07) is 27.8. The number of rotatable bonds is 9. The number of nitrogens with zero attached hydrogens (tertiary/aromatic N) is 1. The van der Waals surface area contributed by atoms with Crippen LogP contribution in [0.15, 0.2) is 78.9 Å². The lowest BCUT2D eigenvalue weighted by atomic mass is 9.69. The molecule has 0 radical (unpaired) electrons. The van der Waals surface area contributed by atoms with Gasteiger partial charge in [-0.3, -0.25) is 4.90 Å². The predicted molar refractivity (Wildman–Crippen MR) is 147 cm³/mol. The van der Waals surface area contributed by atoms with Crippen molar-refractivity contribution in [3.05, 3.63) is 101 Å². The van der Waals surface area contributed by atoms with Gasteiger partial charge in [0.1, 0.15) is 12.0 Å². The van der Waals surface area contributed by atoms with Gasteiger partial charge in [0.15, 0.2) is 0 Å². The summed E-state index contributed by atoms with van der Waals surface area (Å²) in [7, 11) is 1.69. The van der Waals surface area contributed by atoms with Crippen LogP contribution in [0.3, 0.4) is 0 Å². The standard InChI is InChI=1S/C32H38N2O3/c1-32(2,21-35)25-14-15-28(37-3)24(18-25)19-33-30-26-16-17-34(20-27(26)36)31(30)29(22-10-6-4-7-11-22)23-12-8-5-9-13-23/h4-15,18,21,26-27,29-31,33,36H,16-17,19-20H2,1-3H3/t26?,27?,30-,31-/m0/s1. The second-order valence-corrected chi connectivity index (χ2v) is 11.1. The van der Waals surface area contributed by atoms with E-state index >= 15 is 0 Å². The molecule has 0 saturated carbocycles. The molecule has 3 saturated heterocycles. The minimum Gasteiger partial charge on any atom is -0.496 e. The normalized spacial score (nSPS) is 25.3. The first kappa shape index (κ1) is 25.7. The van der Waals surface area contributed by atoms with Gasteiger partial charge in [-0.05, 0) is 55.6 Å². The molecule has 3 unspecified atom stereocenters. The summed E-state index contributed by atoms with van der Waals surface area (Å²) in [5, 5.41) is 14.9. The molecule has 3 heterocycles. The molecule has 2 bridgehead atoms. The Morgan fingerprint density at radius 2 is 1.70 bits per heavy atom. The lowest BCUT2D eigenvalue weighted by Crippen LogP contribution is -2.69. The number of fused-ring (bicyclic) bond motifs is 3. The number of piperidine rings is 3. The number of carbonyl (C=O) groups is 1. The summed E-state index contributed by atoms with van der Waals surface area (Å²) in [5.74, 6) is 1.15. The molecule has 37 heavy (non-hydrogen) atoms. The van der Waals surface area contributed by atoms with Gasteiger partial charge in [-0.25, -0.2) is 0 Å². The van der Waals surface area contributed by atoms with Gasteiger partial charge in [0, 0.05) is 48.0 Å². The van der Waals surface area contributed by atoms with Crippen LogP contribution in [0.4, 0.5) is 0 Å². The zero-order valence-corrected chi connectivity index (χ0v) is 22.0. The van der Waals surface area contributed by atoms with Crippen molar-refractivity contribution in [1.82, 2.24) is 10.2 Å². The Labute approximate surface area is 220 Å². The van der Waals surface area contributed by atoms with Crippen LogP contribution in [0, 0.1) is 5.92 Å². The van der Waals surface area contributed by atoms with E-state index < -0.39 is 5.41 Å². The number of aliphatic hydroxyl groups is 1. The van der Waals surface area contributed by atoms with Gasteiger partial charge in [-0.2, -0.15) is 0 Å². The first-order valence-electron chi connectivity index (χ1n) is 13.3. The van der Waals surface area contributed by atoms with E-state index in [-0.39, 0.29) is 30.0 Å². The van der Waals surface area contributed by atoms with Crippen molar-refractivity contribution in [1.29, 1.82) is 0 Å². The topological polar surface area (TPSA) is 61.8 Å². The van der Waals surface area contributed by atoms with Gasteiger partial charge >= 0.3 is 0 Å². The van der Waals surface area contributed by atoms with Gasteiger partial charge in [0.25, 0.3) is 0 Å². The smallest absolute Gasteiger partial charge is 0.129 e. The number of carbonyl (C=O) groups excluding carboxylic acids is 1. The molecule has 6 rings (SSSR count). The average Bonchev–Trinajstić information content (AvgIpc) is 2.94. The lowest BCUT2D eigenvalue weighted by molar-refractivity contribution is -0.111. The minimum absolute atomic E-state index is 0.0929. The van der Waals surface area contributed by atoms with Crippen LogP contribution in [0.2, 0.25) is 0 Å². The molecule has 0 amide bonds. The molecule has 3 aromatic carbocycles. The van der Waals surface area contributed by atoms with Gasteiger partial charge in [-0.15, -0.1) is 0 Å². The van der Waals surface area contributed by atoms with Gasteiger partial charge in [0.2, 0.25) is 0 Å². The number of nitrogens with one attached hydrogen (secondary N) is 1. The zero-order chi connectivity index (χ0) is 26.0. The first-order valence-corrected chi connectivity index (χ1v) is 13.3. The van der Waals surface area contributed by atoms with Crippen molar-refractivity contribution >= 4 is 6.29 Å². The summed E-state index contributed by atoms with van der Waals surface area (Å²) in [5.41, 5.74) is 4.01. The maximum Gasteiger partial charge on any atom is 0.129 e. The SMILES string of the molecule is COc1ccc(C(C)(C)C=O)cc1CN[C@H]1C2CCN(CC2O)[C@H]1C(c1ccccc1)c1ccccc1. The molecule has 5 heteroatoms. The quantitative estimate of drug-likeness (QED) is 0.425. The van der Waals surface area contributed by atoms with E-state index in [9.17, 15) is 9.90 Å². The molecule has 0 aromatic heterocycles. The molecule has 3 fully saturated rings. The van der Waals surface area contributed by atoms with Crippen LogP contribution in [0.5, 0.6) is 5.75 Å². The number of ether oxygens (including phenoxy) is 1. The largest absolute Gasteiger partial charge is 0.496 e. The van der Waals surface area contributed by atoms with Crippen molar-refractivity contribution in [2.24, 2.45) is 5.92 Å². The highest BCUT2D eigenvalue weighted by Gasteiger charge is 2.50. The van der Waals surface area contributed by atoms with E-state index in [1.165, 1.54) is 11.1 Å². The Bertz CT molecular complexity index is 1160. The van der Waals surface area contributed by atoms with Crippen LogP contribution in [0.1, 0.15) is 48.4 Å². The Kier molecular flexibility index (Phi) is 7.47. The summed E-state index contributed by atoms with van der Waals surface area (Å²) in [6.07, 6.45) is 1.62. The minimum atomic E-state index is -0.568. The van der Waals surface area contributed by atoms with Crippen LogP contribution in [-0.2, 0) is 16.8 Å². The Morgan fingerprint density at radius 3 is 2.27 bits per heavy atom. The molecule has 5 atom stereocenters. The number of methoxy groups -OCH3 is 1. The van der Waals surface area contributed by atoms with Gasteiger partial charge < -0.3 is 20.0 Å². The van der Waals surface area contributed by atoms with Gasteiger partial charge in [0.05, 0.1) is 13.2 Å². The van der Waals surface area contributed by atoms with E-state index in [4.69, 9.17) is 4.74 Å². The fourth-order valence-electron chi connectivity index (χ4n) is 6.36. The molecule has 3 aliphatic heterocycles. The number of benzene rings is 3. The highest BCUT2D eigenvalue weighted by atomic mass is 16.5.